The van der Waals surface area contributed by atoms with Crippen LogP contribution in [0.3, 0.4) is 0 Å². The first kappa shape index (κ1) is 15.9. The normalized spacial score (nSPS) is 10.3. The highest BCUT2D eigenvalue weighted by molar-refractivity contribution is 6.02. The number of hydrogen-bond donors (Lipinski definition) is 1. The lowest BCUT2D eigenvalue weighted by Gasteiger charge is -2.12. The predicted molar refractivity (Wildman–Crippen MR) is 81.6 cm³/mol. The van der Waals surface area contributed by atoms with E-state index in [2.05, 4.69) is 0 Å². The van der Waals surface area contributed by atoms with Crippen LogP contribution in [0.5, 0.6) is 17.2 Å². The maximum atomic E-state index is 12.2. The zero-order valence-electron chi connectivity index (χ0n) is 12.5. The summed E-state index contributed by atoms with van der Waals surface area (Å²) in [6.45, 7) is 0.178. The molecule has 2 aromatic carbocycles. The van der Waals surface area contributed by atoms with Crippen molar-refractivity contribution in [3.8, 4) is 17.2 Å². The molecule has 5 heteroatoms. The Morgan fingerprint density at radius 2 is 1.82 bits per heavy atom. The highest BCUT2D eigenvalue weighted by Gasteiger charge is 2.19. The van der Waals surface area contributed by atoms with Gasteiger partial charge in [0, 0.05) is 12.1 Å². The zero-order chi connectivity index (χ0) is 15.9. The molecular weight excluding hydrogens is 284 g/mol. The molecule has 5 nitrogen and oxygen atoms in total. The smallest absolute Gasteiger partial charge is 0.195 e. The topological polar surface area (TPSA) is 65.0 Å². The van der Waals surface area contributed by atoms with Crippen LogP contribution in [-0.2, 0) is 11.3 Å². The summed E-state index contributed by atoms with van der Waals surface area (Å²) in [6.07, 6.45) is 0. The Bertz CT molecular complexity index is 637. The molecule has 0 heterocycles. The van der Waals surface area contributed by atoms with Gasteiger partial charge in [0.05, 0.1) is 20.8 Å². The summed E-state index contributed by atoms with van der Waals surface area (Å²) in [5.41, 5.74) is 1.07. The number of phenols is 1. The molecule has 0 spiro atoms. The Labute approximate surface area is 129 Å². The predicted octanol–water partition coefficient (Wildman–Crippen LogP) is 2.81. The van der Waals surface area contributed by atoms with Crippen molar-refractivity contribution in [2.24, 2.45) is 0 Å². The number of benzene rings is 2. The zero-order valence-corrected chi connectivity index (χ0v) is 12.5. The van der Waals surface area contributed by atoms with Crippen LogP contribution in [0, 0.1) is 0 Å². The van der Waals surface area contributed by atoms with Crippen LogP contribution in [0.25, 0.3) is 0 Å². The average Bonchev–Trinajstić information content (AvgIpc) is 2.54. The van der Waals surface area contributed by atoms with Crippen LogP contribution in [0.2, 0.25) is 0 Å². The SMILES string of the molecule is COc1cc(O)c(C(=O)COCc2ccccc2)c(OC)c1. The van der Waals surface area contributed by atoms with Gasteiger partial charge in [-0.25, -0.2) is 0 Å². The highest BCUT2D eigenvalue weighted by Crippen LogP contribution is 2.33. The molecule has 116 valence electrons. The quantitative estimate of drug-likeness (QED) is 0.797. The Morgan fingerprint density at radius 1 is 1.09 bits per heavy atom. The number of rotatable bonds is 7. The van der Waals surface area contributed by atoms with Gasteiger partial charge in [0.2, 0.25) is 0 Å². The van der Waals surface area contributed by atoms with Crippen molar-refractivity contribution in [2.75, 3.05) is 20.8 Å². The van der Waals surface area contributed by atoms with Crippen LogP contribution in [-0.4, -0.2) is 31.7 Å². The van der Waals surface area contributed by atoms with Crippen LogP contribution in [0.1, 0.15) is 15.9 Å². The van der Waals surface area contributed by atoms with Gasteiger partial charge in [-0.3, -0.25) is 4.79 Å². The second-order valence-corrected chi connectivity index (χ2v) is 4.63. The number of Topliss-reactive ketones (excluding diaryl/α,β-unsaturated/α-hetero) is 1. The van der Waals surface area contributed by atoms with E-state index in [1.54, 1.807) is 6.07 Å². The largest absolute Gasteiger partial charge is 0.507 e. The molecular formula is C17H18O5. The van der Waals surface area contributed by atoms with E-state index >= 15 is 0 Å². The Hall–Kier alpha value is -2.53. The van der Waals surface area contributed by atoms with Gasteiger partial charge in [-0.15, -0.1) is 0 Å². The maximum Gasteiger partial charge on any atom is 0.195 e. The monoisotopic (exact) mass is 302 g/mol. The number of carbonyl (C=O) groups excluding carboxylic acids is 1. The third kappa shape index (κ3) is 3.77. The van der Waals surface area contributed by atoms with Crippen molar-refractivity contribution in [1.29, 1.82) is 0 Å². The van der Waals surface area contributed by atoms with Crippen molar-refractivity contribution in [3.05, 3.63) is 53.6 Å². The molecule has 2 rings (SSSR count). The minimum absolute atomic E-state index is 0.0939. The number of phenolic OH excluding ortho intramolecular Hbond substituents is 1. The molecule has 0 atom stereocenters. The number of methoxy groups -OCH3 is 2. The van der Waals surface area contributed by atoms with Gasteiger partial charge in [-0.2, -0.15) is 0 Å². The molecule has 0 amide bonds. The molecule has 2 aromatic rings. The van der Waals surface area contributed by atoms with Crippen molar-refractivity contribution in [3.63, 3.8) is 0 Å². The number of ether oxygens (including phenoxy) is 3. The van der Waals surface area contributed by atoms with Crippen LogP contribution in [0.4, 0.5) is 0 Å². The molecule has 0 saturated carbocycles. The highest BCUT2D eigenvalue weighted by atomic mass is 16.5. The van der Waals surface area contributed by atoms with Gasteiger partial charge in [-0.05, 0) is 5.56 Å². The molecule has 0 saturated heterocycles. The summed E-state index contributed by atoms with van der Waals surface area (Å²) in [6, 6.07) is 12.5. The lowest BCUT2D eigenvalue weighted by atomic mass is 10.1. The van der Waals surface area contributed by atoms with E-state index in [9.17, 15) is 9.90 Å². The lowest BCUT2D eigenvalue weighted by molar-refractivity contribution is 0.0721. The molecule has 0 aromatic heterocycles. The first-order valence-corrected chi connectivity index (χ1v) is 6.75. The van der Waals surface area contributed by atoms with Crippen molar-refractivity contribution in [1.82, 2.24) is 0 Å². The summed E-state index contributed by atoms with van der Waals surface area (Å²) in [7, 11) is 2.90. The Morgan fingerprint density at radius 3 is 2.45 bits per heavy atom. The van der Waals surface area contributed by atoms with Crippen molar-refractivity contribution >= 4 is 5.78 Å². The lowest BCUT2D eigenvalue weighted by Crippen LogP contribution is -2.11. The molecule has 0 bridgehead atoms. The third-order valence-electron chi connectivity index (χ3n) is 3.13. The summed E-state index contributed by atoms with van der Waals surface area (Å²) < 4.78 is 15.6. The molecule has 22 heavy (non-hydrogen) atoms. The van der Waals surface area contributed by atoms with Gasteiger partial charge in [0.15, 0.2) is 5.78 Å². The number of ketones is 1. The summed E-state index contributed by atoms with van der Waals surface area (Å²) in [5, 5.41) is 9.98. The van der Waals surface area contributed by atoms with E-state index < -0.39 is 0 Å². The van der Waals surface area contributed by atoms with E-state index in [0.717, 1.165) is 5.56 Å². The van der Waals surface area contributed by atoms with Gasteiger partial charge in [-0.1, -0.05) is 30.3 Å². The van der Waals surface area contributed by atoms with Gasteiger partial charge in [0.1, 0.15) is 29.4 Å². The fourth-order valence-electron chi connectivity index (χ4n) is 2.04. The van der Waals surface area contributed by atoms with E-state index in [1.165, 1.54) is 20.3 Å². The summed E-state index contributed by atoms with van der Waals surface area (Å²) in [5.74, 6) is 0.124. The first-order chi connectivity index (χ1) is 10.7. The fourth-order valence-corrected chi connectivity index (χ4v) is 2.04. The van der Waals surface area contributed by atoms with E-state index in [1.807, 2.05) is 30.3 Å². The minimum atomic E-state index is -0.354. The molecule has 0 radical (unpaired) electrons. The van der Waals surface area contributed by atoms with Crippen molar-refractivity contribution < 1.29 is 24.1 Å². The minimum Gasteiger partial charge on any atom is -0.507 e. The number of carbonyl (C=O) groups is 1. The Balaban J connectivity index is 2.06. The molecule has 0 fully saturated rings. The van der Waals surface area contributed by atoms with Crippen LogP contribution < -0.4 is 9.47 Å². The standard InChI is InChI=1S/C17H18O5/c1-20-13-8-14(18)17(16(9-13)21-2)15(19)11-22-10-12-6-4-3-5-7-12/h3-9,18H,10-11H2,1-2H3. The first-order valence-electron chi connectivity index (χ1n) is 6.75. The fraction of sp³-hybridized carbons (Fsp3) is 0.235. The second kappa shape index (κ2) is 7.47. The van der Waals surface area contributed by atoms with E-state index in [4.69, 9.17) is 14.2 Å². The average molecular weight is 302 g/mol. The molecule has 1 N–H and O–H groups in total. The maximum absolute atomic E-state index is 12.2. The second-order valence-electron chi connectivity index (χ2n) is 4.63. The van der Waals surface area contributed by atoms with Gasteiger partial charge >= 0.3 is 0 Å². The van der Waals surface area contributed by atoms with Crippen LogP contribution in [0.15, 0.2) is 42.5 Å². The number of hydrogen-bond acceptors (Lipinski definition) is 5. The molecule has 0 unspecified atom stereocenters. The molecule has 0 aliphatic rings. The Kier molecular flexibility index (Phi) is 5.38. The van der Waals surface area contributed by atoms with Crippen LogP contribution >= 0.6 is 0 Å². The molecule has 0 aliphatic heterocycles. The van der Waals surface area contributed by atoms with Crippen molar-refractivity contribution in [2.45, 2.75) is 6.61 Å². The van der Waals surface area contributed by atoms with Gasteiger partial charge < -0.3 is 19.3 Å². The third-order valence-corrected chi connectivity index (χ3v) is 3.13. The summed E-state index contributed by atoms with van der Waals surface area (Å²) in [4.78, 5) is 12.2. The summed E-state index contributed by atoms with van der Waals surface area (Å²) >= 11 is 0. The molecule has 0 aliphatic carbocycles. The van der Waals surface area contributed by atoms with Gasteiger partial charge in [0.25, 0.3) is 0 Å². The van der Waals surface area contributed by atoms with E-state index in [0.29, 0.717) is 12.4 Å². The number of aromatic hydroxyl groups is 1. The van der Waals surface area contributed by atoms with E-state index in [-0.39, 0.29) is 29.5 Å².